The first-order chi connectivity index (χ1) is 12.7. The van der Waals surface area contributed by atoms with Crippen molar-refractivity contribution in [2.75, 3.05) is 21.3 Å². The number of fused-ring (bicyclic) bond motifs is 1. The average Bonchev–Trinajstić information content (AvgIpc) is 3.33. The van der Waals surface area contributed by atoms with Crippen molar-refractivity contribution in [1.29, 1.82) is 0 Å². The summed E-state index contributed by atoms with van der Waals surface area (Å²) in [7, 11) is 4.87. The van der Waals surface area contributed by atoms with Gasteiger partial charge in [0, 0.05) is 23.0 Å². The smallest absolute Gasteiger partial charge is 0.203 e. The number of thiophene rings is 1. The van der Waals surface area contributed by atoms with Gasteiger partial charge in [0.15, 0.2) is 11.5 Å². The predicted octanol–water partition coefficient (Wildman–Crippen LogP) is 5.38. The summed E-state index contributed by atoms with van der Waals surface area (Å²) in [6.45, 7) is 0. The fourth-order valence-corrected chi connectivity index (χ4v) is 4.21. The number of benzene rings is 2. The summed E-state index contributed by atoms with van der Waals surface area (Å²) in [5.41, 5.74) is 2.08. The van der Waals surface area contributed by atoms with E-state index < -0.39 is 0 Å². The van der Waals surface area contributed by atoms with E-state index in [4.69, 9.17) is 14.2 Å². The van der Waals surface area contributed by atoms with E-state index in [2.05, 4.69) is 41.0 Å². The number of nitrogens with zero attached hydrogens (tertiary/aromatic N) is 1. The molecule has 0 fully saturated rings. The molecule has 2 aromatic heterocycles. The van der Waals surface area contributed by atoms with Crippen molar-refractivity contribution < 1.29 is 14.2 Å². The van der Waals surface area contributed by atoms with Crippen LogP contribution in [0.15, 0.2) is 60.8 Å². The van der Waals surface area contributed by atoms with Crippen LogP contribution in [0.3, 0.4) is 0 Å². The molecule has 0 aliphatic heterocycles. The standard InChI is InChI=1S/C21H19NO3S/c1-23-17-12-15(13-18(24-2)21(17)25-3)22-10-6-8-16(22)20-11-14-7-4-5-9-19(14)26-20/h4-13H,1-3H3. The molecule has 4 aromatic rings. The van der Waals surface area contributed by atoms with Crippen LogP contribution in [0.2, 0.25) is 0 Å². The lowest BCUT2D eigenvalue weighted by atomic mass is 10.2. The monoisotopic (exact) mass is 365 g/mol. The van der Waals surface area contributed by atoms with Crippen LogP contribution < -0.4 is 14.2 Å². The Bertz CT molecular complexity index is 1010. The normalized spacial score (nSPS) is 10.9. The second-order valence-corrected chi connectivity index (χ2v) is 6.88. The molecule has 0 spiro atoms. The molecule has 0 N–H and O–H groups in total. The number of ether oxygens (including phenoxy) is 3. The van der Waals surface area contributed by atoms with E-state index in [-0.39, 0.29) is 0 Å². The third-order valence-corrected chi connectivity index (χ3v) is 5.49. The fraction of sp³-hybridized carbons (Fsp3) is 0.143. The maximum atomic E-state index is 5.50. The van der Waals surface area contributed by atoms with Gasteiger partial charge in [-0.25, -0.2) is 0 Å². The highest BCUT2D eigenvalue weighted by Gasteiger charge is 2.16. The molecule has 0 atom stereocenters. The van der Waals surface area contributed by atoms with E-state index in [9.17, 15) is 0 Å². The van der Waals surface area contributed by atoms with E-state index in [0.29, 0.717) is 17.2 Å². The highest BCUT2D eigenvalue weighted by atomic mass is 32.1. The van der Waals surface area contributed by atoms with Gasteiger partial charge in [-0.05, 0) is 29.7 Å². The first-order valence-corrected chi connectivity index (χ1v) is 9.03. The largest absolute Gasteiger partial charge is 0.493 e. The summed E-state index contributed by atoms with van der Waals surface area (Å²) in [5.74, 6) is 1.87. The molecule has 132 valence electrons. The number of hydrogen-bond acceptors (Lipinski definition) is 4. The zero-order chi connectivity index (χ0) is 18.1. The van der Waals surface area contributed by atoms with Crippen LogP contribution in [0, 0.1) is 0 Å². The van der Waals surface area contributed by atoms with Crippen LogP contribution in [0.1, 0.15) is 0 Å². The molecule has 4 nitrogen and oxygen atoms in total. The van der Waals surface area contributed by atoms with Gasteiger partial charge in [0.1, 0.15) is 0 Å². The number of hydrogen-bond donors (Lipinski definition) is 0. The molecule has 5 heteroatoms. The maximum Gasteiger partial charge on any atom is 0.203 e. The van der Waals surface area contributed by atoms with Crippen molar-refractivity contribution >= 4 is 21.4 Å². The summed E-state index contributed by atoms with van der Waals surface area (Å²) in [4.78, 5) is 1.21. The summed E-state index contributed by atoms with van der Waals surface area (Å²) in [6.07, 6.45) is 2.04. The lowest BCUT2D eigenvalue weighted by Crippen LogP contribution is -2.00. The average molecular weight is 365 g/mol. The zero-order valence-electron chi connectivity index (χ0n) is 14.9. The molecule has 0 saturated carbocycles. The second kappa shape index (κ2) is 6.77. The van der Waals surface area contributed by atoms with Crippen LogP contribution in [-0.4, -0.2) is 25.9 Å². The minimum Gasteiger partial charge on any atom is -0.493 e. The van der Waals surface area contributed by atoms with E-state index in [1.165, 1.54) is 15.0 Å². The highest BCUT2D eigenvalue weighted by Crippen LogP contribution is 2.41. The third-order valence-electron chi connectivity index (χ3n) is 4.35. The van der Waals surface area contributed by atoms with Crippen LogP contribution in [-0.2, 0) is 0 Å². The van der Waals surface area contributed by atoms with Gasteiger partial charge in [-0.2, -0.15) is 0 Å². The summed E-state index contributed by atoms with van der Waals surface area (Å²) in [5, 5.41) is 1.25. The molecule has 2 aromatic carbocycles. The number of aromatic nitrogens is 1. The third kappa shape index (κ3) is 2.70. The van der Waals surface area contributed by atoms with E-state index in [1.54, 1.807) is 32.7 Å². The van der Waals surface area contributed by atoms with Gasteiger partial charge >= 0.3 is 0 Å². The van der Waals surface area contributed by atoms with Crippen LogP contribution in [0.25, 0.3) is 26.3 Å². The minimum atomic E-state index is 0.592. The topological polar surface area (TPSA) is 32.6 Å². The van der Waals surface area contributed by atoms with Gasteiger partial charge in [-0.1, -0.05) is 18.2 Å². The summed E-state index contributed by atoms with van der Waals surface area (Å²) >= 11 is 1.78. The van der Waals surface area contributed by atoms with Crippen molar-refractivity contribution in [3.8, 4) is 33.5 Å². The van der Waals surface area contributed by atoms with Crippen molar-refractivity contribution in [1.82, 2.24) is 4.57 Å². The van der Waals surface area contributed by atoms with Crippen molar-refractivity contribution in [3.05, 3.63) is 60.8 Å². The Morgan fingerprint density at radius 2 is 1.54 bits per heavy atom. The van der Waals surface area contributed by atoms with Crippen LogP contribution >= 0.6 is 11.3 Å². The second-order valence-electron chi connectivity index (χ2n) is 5.80. The van der Waals surface area contributed by atoms with Gasteiger partial charge in [0.05, 0.1) is 37.6 Å². The van der Waals surface area contributed by atoms with Gasteiger partial charge in [0.25, 0.3) is 0 Å². The van der Waals surface area contributed by atoms with Crippen LogP contribution in [0.5, 0.6) is 17.2 Å². The predicted molar refractivity (Wildman–Crippen MR) is 106 cm³/mol. The highest BCUT2D eigenvalue weighted by molar-refractivity contribution is 7.22. The number of methoxy groups -OCH3 is 3. The lowest BCUT2D eigenvalue weighted by molar-refractivity contribution is 0.324. The SMILES string of the molecule is COc1cc(-n2cccc2-c2cc3ccccc3s2)cc(OC)c1OC. The quantitative estimate of drug-likeness (QED) is 0.476. The Morgan fingerprint density at radius 3 is 2.19 bits per heavy atom. The van der Waals surface area contributed by atoms with Crippen molar-refractivity contribution in [2.24, 2.45) is 0 Å². The molecule has 0 bridgehead atoms. The molecular formula is C21H19NO3S. The molecule has 0 saturated heterocycles. The van der Waals surface area contributed by atoms with Gasteiger partial charge in [-0.3, -0.25) is 0 Å². The molecule has 0 amide bonds. The Kier molecular flexibility index (Phi) is 4.31. The number of rotatable bonds is 5. The van der Waals surface area contributed by atoms with Gasteiger partial charge in [-0.15, -0.1) is 11.3 Å². The van der Waals surface area contributed by atoms with Crippen molar-refractivity contribution in [3.63, 3.8) is 0 Å². The Balaban J connectivity index is 1.87. The maximum absolute atomic E-state index is 5.50. The van der Waals surface area contributed by atoms with E-state index in [1.807, 2.05) is 24.4 Å². The summed E-state index contributed by atoms with van der Waals surface area (Å²) < 4.78 is 19.8. The molecule has 0 radical (unpaired) electrons. The summed E-state index contributed by atoms with van der Waals surface area (Å²) in [6, 6.07) is 18.7. The first-order valence-electron chi connectivity index (χ1n) is 8.22. The van der Waals surface area contributed by atoms with Crippen molar-refractivity contribution in [2.45, 2.75) is 0 Å². The Hall–Kier alpha value is -2.92. The molecule has 0 aliphatic carbocycles. The molecule has 4 rings (SSSR count). The van der Waals surface area contributed by atoms with E-state index in [0.717, 1.165) is 11.4 Å². The molecular weight excluding hydrogens is 346 g/mol. The molecule has 2 heterocycles. The Morgan fingerprint density at radius 1 is 0.808 bits per heavy atom. The van der Waals surface area contributed by atoms with Gasteiger partial charge in [0.2, 0.25) is 5.75 Å². The lowest BCUT2D eigenvalue weighted by Gasteiger charge is -2.16. The van der Waals surface area contributed by atoms with Crippen LogP contribution in [0.4, 0.5) is 0 Å². The fourth-order valence-electron chi connectivity index (χ4n) is 3.12. The van der Waals surface area contributed by atoms with E-state index >= 15 is 0 Å². The van der Waals surface area contributed by atoms with Gasteiger partial charge < -0.3 is 18.8 Å². The molecule has 0 unspecified atom stereocenters. The first kappa shape index (κ1) is 16.5. The Labute approximate surface area is 156 Å². The molecule has 26 heavy (non-hydrogen) atoms. The minimum absolute atomic E-state index is 0.592. The molecule has 0 aliphatic rings. The zero-order valence-corrected chi connectivity index (χ0v) is 15.7.